The van der Waals surface area contributed by atoms with Crippen LogP contribution in [0.1, 0.15) is 5.56 Å². The summed E-state index contributed by atoms with van der Waals surface area (Å²) in [6.07, 6.45) is 3.75. The minimum Gasteiger partial charge on any atom is -0.454 e. The van der Waals surface area contributed by atoms with Crippen LogP contribution in [0, 0.1) is 5.82 Å². The molecule has 0 fully saturated rings. The molecule has 5 heteroatoms. The van der Waals surface area contributed by atoms with E-state index in [1.54, 1.807) is 36.3 Å². The maximum atomic E-state index is 13.6. The molecular formula is C12H14FN3O. The quantitative estimate of drug-likeness (QED) is 0.879. The summed E-state index contributed by atoms with van der Waals surface area (Å²) in [5.41, 5.74) is 5.96. The number of hydrogen-bond donors (Lipinski definition) is 1. The Morgan fingerprint density at radius 3 is 2.94 bits per heavy atom. The first-order chi connectivity index (χ1) is 8.20. The van der Waals surface area contributed by atoms with Crippen LogP contribution in [0.25, 0.3) is 0 Å². The highest BCUT2D eigenvalue weighted by atomic mass is 19.1. The summed E-state index contributed by atoms with van der Waals surface area (Å²) < 4.78 is 20.8. The summed E-state index contributed by atoms with van der Waals surface area (Å²) in [4.78, 5) is 0. The van der Waals surface area contributed by atoms with Gasteiger partial charge in [0.2, 0.25) is 0 Å². The molecule has 0 unspecified atom stereocenters. The lowest BCUT2D eigenvalue weighted by Gasteiger charge is -2.09. The van der Waals surface area contributed by atoms with Crippen LogP contribution in [0.3, 0.4) is 0 Å². The van der Waals surface area contributed by atoms with Crippen LogP contribution in [0.4, 0.5) is 4.39 Å². The molecule has 2 rings (SSSR count). The zero-order valence-corrected chi connectivity index (χ0v) is 9.56. The van der Waals surface area contributed by atoms with Gasteiger partial charge in [0, 0.05) is 12.6 Å². The molecule has 0 saturated carbocycles. The van der Waals surface area contributed by atoms with Gasteiger partial charge in [-0.1, -0.05) is 6.07 Å². The summed E-state index contributed by atoms with van der Waals surface area (Å²) in [7, 11) is 1.79. The van der Waals surface area contributed by atoms with Crippen LogP contribution in [0.15, 0.2) is 30.6 Å². The van der Waals surface area contributed by atoms with Crippen molar-refractivity contribution in [3.05, 3.63) is 42.0 Å². The van der Waals surface area contributed by atoms with E-state index in [0.29, 0.717) is 30.0 Å². The Bertz CT molecular complexity index is 510. The molecule has 0 atom stereocenters. The van der Waals surface area contributed by atoms with Crippen LogP contribution in [0.2, 0.25) is 0 Å². The number of aryl methyl sites for hydroxylation is 1. The SMILES string of the molecule is Cn1cc(Oc2cccc(F)c2CCN)cn1. The maximum absolute atomic E-state index is 13.6. The van der Waals surface area contributed by atoms with Crippen LogP contribution in [0.5, 0.6) is 11.5 Å². The molecule has 17 heavy (non-hydrogen) atoms. The molecule has 0 aliphatic heterocycles. The average Bonchev–Trinajstić information content (AvgIpc) is 2.69. The lowest BCUT2D eigenvalue weighted by Crippen LogP contribution is -2.06. The molecule has 2 N–H and O–H groups in total. The molecule has 0 spiro atoms. The highest BCUT2D eigenvalue weighted by Gasteiger charge is 2.10. The zero-order valence-electron chi connectivity index (χ0n) is 9.56. The number of benzene rings is 1. The van der Waals surface area contributed by atoms with Gasteiger partial charge in [-0.15, -0.1) is 0 Å². The third kappa shape index (κ3) is 2.62. The minimum absolute atomic E-state index is 0.295. The van der Waals surface area contributed by atoms with Crippen LogP contribution in [-0.2, 0) is 13.5 Å². The van der Waals surface area contributed by atoms with E-state index in [0.717, 1.165) is 0 Å². The van der Waals surface area contributed by atoms with Gasteiger partial charge >= 0.3 is 0 Å². The molecule has 0 saturated heterocycles. The fourth-order valence-corrected chi connectivity index (χ4v) is 1.60. The fourth-order valence-electron chi connectivity index (χ4n) is 1.60. The van der Waals surface area contributed by atoms with Gasteiger partial charge in [-0.2, -0.15) is 5.10 Å². The topological polar surface area (TPSA) is 53.1 Å². The molecule has 0 amide bonds. The molecule has 0 aliphatic carbocycles. The molecule has 4 nitrogen and oxygen atoms in total. The van der Waals surface area contributed by atoms with Gasteiger partial charge in [0.1, 0.15) is 11.6 Å². The third-order valence-electron chi connectivity index (χ3n) is 2.38. The Labute approximate surface area is 98.8 Å². The van der Waals surface area contributed by atoms with Crippen molar-refractivity contribution in [1.82, 2.24) is 9.78 Å². The Morgan fingerprint density at radius 2 is 2.29 bits per heavy atom. The lowest BCUT2D eigenvalue weighted by atomic mass is 10.1. The van der Waals surface area contributed by atoms with Crippen molar-refractivity contribution in [1.29, 1.82) is 0 Å². The summed E-state index contributed by atoms with van der Waals surface area (Å²) in [5, 5.41) is 3.98. The molecular weight excluding hydrogens is 221 g/mol. The third-order valence-corrected chi connectivity index (χ3v) is 2.38. The second-order valence-corrected chi connectivity index (χ2v) is 3.71. The van der Waals surface area contributed by atoms with Crippen LogP contribution >= 0.6 is 0 Å². The number of aromatic nitrogens is 2. The van der Waals surface area contributed by atoms with Gasteiger partial charge < -0.3 is 10.5 Å². The number of nitrogens with two attached hydrogens (primary N) is 1. The van der Waals surface area contributed by atoms with Crippen molar-refractivity contribution in [3.63, 3.8) is 0 Å². The molecule has 0 radical (unpaired) electrons. The molecule has 0 aliphatic rings. The number of hydrogen-bond acceptors (Lipinski definition) is 3. The number of rotatable bonds is 4. The van der Waals surface area contributed by atoms with Crippen LogP contribution < -0.4 is 10.5 Å². The first-order valence-corrected chi connectivity index (χ1v) is 5.34. The van der Waals surface area contributed by atoms with E-state index in [-0.39, 0.29) is 5.82 Å². The standard InChI is InChI=1S/C12H14FN3O/c1-16-8-9(7-15-16)17-12-4-2-3-11(13)10(12)5-6-14/h2-4,7-8H,5-6,14H2,1H3. The van der Waals surface area contributed by atoms with Crippen molar-refractivity contribution in [2.24, 2.45) is 12.8 Å². The van der Waals surface area contributed by atoms with E-state index in [2.05, 4.69) is 5.10 Å². The molecule has 1 heterocycles. The normalized spacial score (nSPS) is 10.5. The van der Waals surface area contributed by atoms with E-state index in [1.807, 2.05) is 0 Å². The van der Waals surface area contributed by atoms with Gasteiger partial charge in [-0.25, -0.2) is 4.39 Å². The Balaban J connectivity index is 2.28. The van der Waals surface area contributed by atoms with Gasteiger partial charge in [0.25, 0.3) is 0 Å². The van der Waals surface area contributed by atoms with E-state index in [1.165, 1.54) is 6.07 Å². The molecule has 1 aromatic heterocycles. The smallest absolute Gasteiger partial charge is 0.165 e. The minimum atomic E-state index is -0.295. The number of halogens is 1. The predicted molar refractivity (Wildman–Crippen MR) is 62.4 cm³/mol. The summed E-state index contributed by atoms with van der Waals surface area (Å²) in [6, 6.07) is 4.74. The van der Waals surface area contributed by atoms with Crippen molar-refractivity contribution in [2.45, 2.75) is 6.42 Å². The first-order valence-electron chi connectivity index (χ1n) is 5.34. The monoisotopic (exact) mass is 235 g/mol. The van der Waals surface area contributed by atoms with E-state index in [4.69, 9.17) is 10.5 Å². The largest absolute Gasteiger partial charge is 0.454 e. The lowest BCUT2D eigenvalue weighted by molar-refractivity contribution is 0.466. The predicted octanol–water partition coefficient (Wildman–Crippen LogP) is 1.85. The molecule has 1 aromatic carbocycles. The average molecular weight is 235 g/mol. The number of nitrogens with zero attached hydrogens (tertiary/aromatic N) is 2. The van der Waals surface area contributed by atoms with Crippen molar-refractivity contribution < 1.29 is 9.13 Å². The van der Waals surface area contributed by atoms with Gasteiger partial charge in [-0.05, 0) is 25.1 Å². The van der Waals surface area contributed by atoms with Gasteiger partial charge in [0.05, 0.1) is 12.4 Å². The highest BCUT2D eigenvalue weighted by molar-refractivity contribution is 5.38. The Morgan fingerprint density at radius 1 is 1.47 bits per heavy atom. The number of ether oxygens (including phenoxy) is 1. The highest BCUT2D eigenvalue weighted by Crippen LogP contribution is 2.26. The summed E-state index contributed by atoms with van der Waals surface area (Å²) in [5.74, 6) is 0.775. The van der Waals surface area contributed by atoms with Crippen molar-refractivity contribution >= 4 is 0 Å². The molecule has 90 valence electrons. The Hall–Kier alpha value is -1.88. The summed E-state index contributed by atoms with van der Waals surface area (Å²) >= 11 is 0. The van der Waals surface area contributed by atoms with Crippen molar-refractivity contribution in [2.75, 3.05) is 6.54 Å². The van der Waals surface area contributed by atoms with Crippen molar-refractivity contribution in [3.8, 4) is 11.5 Å². The molecule has 2 aromatic rings. The van der Waals surface area contributed by atoms with Crippen LogP contribution in [-0.4, -0.2) is 16.3 Å². The fraction of sp³-hybridized carbons (Fsp3) is 0.250. The molecule has 0 bridgehead atoms. The van der Waals surface area contributed by atoms with Gasteiger partial charge in [-0.3, -0.25) is 4.68 Å². The Kier molecular flexibility index (Phi) is 3.39. The summed E-state index contributed by atoms with van der Waals surface area (Å²) in [6.45, 7) is 0.379. The van der Waals surface area contributed by atoms with Gasteiger partial charge in [0.15, 0.2) is 5.75 Å². The van der Waals surface area contributed by atoms with E-state index >= 15 is 0 Å². The zero-order chi connectivity index (χ0) is 12.3. The second-order valence-electron chi connectivity index (χ2n) is 3.71. The maximum Gasteiger partial charge on any atom is 0.165 e. The van der Waals surface area contributed by atoms with E-state index in [9.17, 15) is 4.39 Å². The first kappa shape index (κ1) is 11.6. The second kappa shape index (κ2) is 4.97. The van der Waals surface area contributed by atoms with E-state index < -0.39 is 0 Å².